The number of carbonyl (C=O) groups is 1. The molecule has 0 fully saturated rings. The summed E-state index contributed by atoms with van der Waals surface area (Å²) in [5, 5.41) is 15.0. The van der Waals surface area contributed by atoms with E-state index in [0.29, 0.717) is 34.4 Å². The lowest BCUT2D eigenvalue weighted by molar-refractivity contribution is 0.0696. The number of aryl methyl sites for hydroxylation is 1. The van der Waals surface area contributed by atoms with Gasteiger partial charge in [0.05, 0.1) is 27.5 Å². The van der Waals surface area contributed by atoms with E-state index in [1.54, 1.807) is 35.0 Å². The number of carboxylic acids is 1. The lowest BCUT2D eigenvalue weighted by Crippen LogP contribution is -2.24. The number of carboxylic acid groups (broad SMARTS) is 1. The molecule has 0 amide bonds. The fourth-order valence-corrected chi connectivity index (χ4v) is 5.26. The Labute approximate surface area is 239 Å². The van der Waals surface area contributed by atoms with Gasteiger partial charge in [0.1, 0.15) is 18.0 Å². The number of hydrogen-bond donors (Lipinski definition) is 1. The Morgan fingerprint density at radius 2 is 1.79 bits per heavy atom. The van der Waals surface area contributed by atoms with Crippen LogP contribution in [0.5, 0.6) is 5.75 Å². The van der Waals surface area contributed by atoms with Crippen molar-refractivity contribution in [1.82, 2.24) is 9.78 Å². The van der Waals surface area contributed by atoms with E-state index in [0.717, 1.165) is 46.8 Å². The zero-order chi connectivity index (χ0) is 28.1. The number of benzene rings is 3. The minimum absolute atomic E-state index is 0.241. The Kier molecular flexibility index (Phi) is 9.20. The fourth-order valence-electron chi connectivity index (χ4n) is 4.70. The molecule has 4 rings (SSSR count). The Morgan fingerprint density at radius 1 is 1.08 bits per heavy atom. The molecule has 39 heavy (non-hydrogen) atoms. The van der Waals surface area contributed by atoms with Crippen LogP contribution < -0.4 is 9.64 Å². The summed E-state index contributed by atoms with van der Waals surface area (Å²) < 4.78 is 8.06. The molecule has 0 aliphatic carbocycles. The Bertz CT molecular complexity index is 1450. The van der Waals surface area contributed by atoms with Gasteiger partial charge in [-0.2, -0.15) is 5.10 Å². The van der Waals surface area contributed by atoms with Crippen molar-refractivity contribution in [1.29, 1.82) is 0 Å². The maximum absolute atomic E-state index is 11.4. The third-order valence-electron chi connectivity index (χ3n) is 6.60. The van der Waals surface area contributed by atoms with E-state index in [-0.39, 0.29) is 5.92 Å². The molecule has 0 saturated heterocycles. The molecule has 4 aromatic rings. The molecule has 0 bridgehead atoms. The summed E-state index contributed by atoms with van der Waals surface area (Å²) in [4.78, 5) is 13.7. The molecule has 0 atom stereocenters. The maximum atomic E-state index is 11.4. The summed E-state index contributed by atoms with van der Waals surface area (Å²) >= 11 is 13.0. The molecule has 1 N–H and O–H groups in total. The van der Waals surface area contributed by atoms with E-state index in [9.17, 15) is 9.90 Å². The lowest BCUT2D eigenvalue weighted by atomic mass is 10.0. The van der Waals surface area contributed by atoms with Gasteiger partial charge in [0.15, 0.2) is 0 Å². The molecule has 0 saturated carbocycles. The van der Waals surface area contributed by atoms with Gasteiger partial charge in [-0.1, -0.05) is 62.2 Å². The van der Waals surface area contributed by atoms with Crippen LogP contribution in [0.25, 0.3) is 5.69 Å². The van der Waals surface area contributed by atoms with Gasteiger partial charge >= 0.3 is 5.97 Å². The van der Waals surface area contributed by atoms with Gasteiger partial charge in [-0.25, -0.2) is 9.48 Å². The molecule has 6 nitrogen and oxygen atoms in total. The summed E-state index contributed by atoms with van der Waals surface area (Å²) in [7, 11) is 0. The van der Waals surface area contributed by atoms with Crippen molar-refractivity contribution >= 4 is 34.9 Å². The topological polar surface area (TPSA) is 67.6 Å². The van der Waals surface area contributed by atoms with Crippen LogP contribution in [0.2, 0.25) is 10.0 Å². The summed E-state index contributed by atoms with van der Waals surface area (Å²) in [5.41, 5.74) is 6.01. The highest BCUT2D eigenvalue weighted by molar-refractivity contribution is 6.37. The van der Waals surface area contributed by atoms with Crippen LogP contribution in [0, 0.1) is 6.92 Å². The van der Waals surface area contributed by atoms with Gasteiger partial charge in [-0.05, 0) is 78.4 Å². The highest BCUT2D eigenvalue weighted by Crippen LogP contribution is 2.33. The van der Waals surface area contributed by atoms with E-state index in [2.05, 4.69) is 43.8 Å². The monoisotopic (exact) mass is 565 g/mol. The number of nitrogens with zero attached hydrogens (tertiary/aromatic N) is 3. The van der Waals surface area contributed by atoms with E-state index >= 15 is 0 Å². The fraction of sp³-hybridized carbons (Fsp3) is 0.290. The first-order valence-corrected chi connectivity index (χ1v) is 13.8. The number of aromatic carboxylic acids is 1. The van der Waals surface area contributed by atoms with Crippen molar-refractivity contribution in [3.63, 3.8) is 0 Å². The minimum Gasteiger partial charge on any atom is -0.487 e. The maximum Gasteiger partial charge on any atom is 0.335 e. The lowest BCUT2D eigenvalue weighted by Gasteiger charge is -2.27. The molecule has 0 aliphatic heterocycles. The van der Waals surface area contributed by atoms with Gasteiger partial charge in [-0.3, -0.25) is 0 Å². The van der Waals surface area contributed by atoms with E-state index in [1.165, 1.54) is 0 Å². The number of ether oxygens (including phenoxy) is 1. The van der Waals surface area contributed by atoms with Crippen molar-refractivity contribution in [2.75, 3.05) is 11.4 Å². The smallest absolute Gasteiger partial charge is 0.335 e. The van der Waals surface area contributed by atoms with E-state index in [4.69, 9.17) is 27.9 Å². The van der Waals surface area contributed by atoms with Crippen LogP contribution in [0.15, 0.2) is 66.9 Å². The molecule has 204 valence electrons. The molecule has 0 spiro atoms. The largest absolute Gasteiger partial charge is 0.487 e. The van der Waals surface area contributed by atoms with Crippen LogP contribution >= 0.6 is 23.2 Å². The zero-order valence-electron chi connectivity index (χ0n) is 22.6. The van der Waals surface area contributed by atoms with Crippen LogP contribution in [0.4, 0.5) is 5.69 Å². The quantitative estimate of drug-likeness (QED) is 0.198. The number of anilines is 1. The molecule has 1 aromatic heterocycles. The second-order valence-electron chi connectivity index (χ2n) is 9.85. The Morgan fingerprint density at radius 3 is 2.44 bits per heavy atom. The predicted molar refractivity (Wildman–Crippen MR) is 158 cm³/mol. The Balaban J connectivity index is 1.58. The molecule has 0 aliphatic rings. The standard InChI is InChI=1S/C31H33Cl2N3O3/c1-5-14-35(18-22-8-6-9-23(16-22)31(37)38)28-13-12-24(15-21(28)4)39-19-29-25(20(2)3)17-34-36(29)30-26(32)10-7-11-27(30)33/h6-13,15-17,20H,5,14,18-19H2,1-4H3,(H,37,38). The van der Waals surface area contributed by atoms with Crippen LogP contribution in [-0.2, 0) is 13.2 Å². The van der Waals surface area contributed by atoms with Gasteiger partial charge in [0.2, 0.25) is 0 Å². The number of para-hydroxylation sites is 1. The average Bonchev–Trinajstić information content (AvgIpc) is 3.31. The first-order valence-electron chi connectivity index (χ1n) is 13.0. The number of rotatable bonds is 11. The van der Waals surface area contributed by atoms with Gasteiger partial charge < -0.3 is 14.7 Å². The van der Waals surface area contributed by atoms with Gasteiger partial charge in [0, 0.05) is 18.8 Å². The normalized spacial score (nSPS) is 11.2. The van der Waals surface area contributed by atoms with Crippen LogP contribution in [0.3, 0.4) is 0 Å². The molecule has 8 heteroatoms. The van der Waals surface area contributed by atoms with Crippen molar-refractivity contribution in [3.05, 3.63) is 105 Å². The molecule has 0 unspecified atom stereocenters. The average molecular weight is 567 g/mol. The molecule has 0 radical (unpaired) electrons. The number of halogens is 2. The SMILES string of the molecule is CCCN(Cc1cccc(C(=O)O)c1)c1ccc(OCc2c(C(C)C)cnn2-c2c(Cl)cccc2Cl)cc1C. The second-order valence-corrected chi connectivity index (χ2v) is 10.7. The van der Waals surface area contributed by atoms with E-state index in [1.807, 2.05) is 30.5 Å². The summed E-state index contributed by atoms with van der Waals surface area (Å²) in [5.74, 6) is 0.0635. The molecule has 3 aromatic carbocycles. The summed E-state index contributed by atoms with van der Waals surface area (Å²) in [6.07, 6.45) is 2.81. The Hall–Kier alpha value is -3.48. The number of aromatic nitrogens is 2. The van der Waals surface area contributed by atoms with Gasteiger partial charge in [-0.15, -0.1) is 0 Å². The number of hydrogen-bond acceptors (Lipinski definition) is 4. The third-order valence-corrected chi connectivity index (χ3v) is 7.21. The first kappa shape index (κ1) is 28.5. The third kappa shape index (κ3) is 6.57. The van der Waals surface area contributed by atoms with Crippen molar-refractivity contribution in [2.24, 2.45) is 0 Å². The predicted octanol–water partition coefficient (Wildman–Crippen LogP) is 8.30. The van der Waals surface area contributed by atoms with Crippen molar-refractivity contribution in [2.45, 2.75) is 53.2 Å². The molecule has 1 heterocycles. The first-order chi connectivity index (χ1) is 18.7. The van der Waals surface area contributed by atoms with Crippen LogP contribution in [0.1, 0.15) is 65.9 Å². The highest BCUT2D eigenvalue weighted by Gasteiger charge is 2.20. The van der Waals surface area contributed by atoms with E-state index < -0.39 is 5.97 Å². The summed E-state index contributed by atoms with van der Waals surface area (Å²) in [6, 6.07) is 18.6. The highest BCUT2D eigenvalue weighted by atomic mass is 35.5. The summed E-state index contributed by atoms with van der Waals surface area (Å²) in [6.45, 7) is 10.2. The minimum atomic E-state index is -0.921. The van der Waals surface area contributed by atoms with Crippen molar-refractivity contribution < 1.29 is 14.6 Å². The van der Waals surface area contributed by atoms with Crippen molar-refractivity contribution in [3.8, 4) is 11.4 Å². The molecular formula is C31H33Cl2N3O3. The van der Waals surface area contributed by atoms with Gasteiger partial charge in [0.25, 0.3) is 0 Å². The zero-order valence-corrected chi connectivity index (χ0v) is 24.1. The van der Waals surface area contributed by atoms with Crippen LogP contribution in [-0.4, -0.2) is 27.4 Å². The second kappa shape index (κ2) is 12.6. The molecular weight excluding hydrogens is 533 g/mol.